The van der Waals surface area contributed by atoms with Gasteiger partial charge in [-0.05, 0) is 24.3 Å². The fourth-order valence-electron chi connectivity index (χ4n) is 2.97. The van der Waals surface area contributed by atoms with Gasteiger partial charge in [-0.3, -0.25) is 9.59 Å². The van der Waals surface area contributed by atoms with Crippen LogP contribution in [-0.2, 0) is 9.59 Å². The van der Waals surface area contributed by atoms with Crippen LogP contribution in [0.1, 0.15) is 24.3 Å². The molecule has 1 heterocycles. The maximum absolute atomic E-state index is 12.4. The Morgan fingerprint density at radius 3 is 2.60 bits per heavy atom. The number of likely N-dealkylation sites (tertiary alicyclic amines) is 1. The number of carbonyl (C=O) groups excluding carboxylic acids is 1. The van der Waals surface area contributed by atoms with Crippen molar-refractivity contribution in [2.45, 2.75) is 24.3 Å². The van der Waals surface area contributed by atoms with Crippen molar-refractivity contribution in [2.24, 2.45) is 11.7 Å². The smallest absolute Gasteiger partial charge is 0.325 e. The van der Waals surface area contributed by atoms with Crippen molar-refractivity contribution in [3.8, 4) is 0 Å². The third-order valence-corrected chi connectivity index (χ3v) is 4.37. The van der Waals surface area contributed by atoms with E-state index in [-0.39, 0.29) is 24.3 Å². The van der Waals surface area contributed by atoms with Crippen molar-refractivity contribution >= 4 is 11.9 Å². The number of aliphatic carboxylic acids is 1. The van der Waals surface area contributed by atoms with Gasteiger partial charge in [-0.2, -0.15) is 0 Å². The third-order valence-electron chi connectivity index (χ3n) is 4.37. The van der Waals surface area contributed by atoms with Crippen LogP contribution in [0, 0.1) is 5.92 Å². The van der Waals surface area contributed by atoms with Gasteiger partial charge in [-0.25, -0.2) is 0 Å². The Bertz CT molecular complexity index is 545. The molecule has 0 spiro atoms. The maximum atomic E-state index is 12.4. The van der Waals surface area contributed by atoms with Gasteiger partial charge in [-0.15, -0.1) is 0 Å². The molecule has 1 aromatic carbocycles. The standard InChI is InChI=1S/C15H18N2O3/c16-15(14(19)20)6-7-17(9-15)13(18)12-8-11(12)10-4-2-1-3-5-10/h1-5,11-12H,6-9,16H2,(H,19,20). The second-order valence-corrected chi connectivity index (χ2v) is 5.83. The van der Waals surface area contributed by atoms with E-state index in [0.29, 0.717) is 13.0 Å². The monoisotopic (exact) mass is 274 g/mol. The third kappa shape index (κ3) is 2.18. The van der Waals surface area contributed by atoms with Crippen LogP contribution in [0.5, 0.6) is 0 Å². The molecular weight excluding hydrogens is 256 g/mol. The maximum Gasteiger partial charge on any atom is 0.325 e. The molecule has 3 rings (SSSR count). The van der Waals surface area contributed by atoms with E-state index >= 15 is 0 Å². The molecule has 1 aromatic rings. The van der Waals surface area contributed by atoms with E-state index < -0.39 is 11.5 Å². The average molecular weight is 274 g/mol. The highest BCUT2D eigenvalue weighted by Gasteiger charge is 2.50. The number of nitrogens with two attached hydrogens (primary N) is 1. The number of nitrogens with zero attached hydrogens (tertiary/aromatic N) is 1. The molecule has 3 unspecified atom stereocenters. The fraction of sp³-hybridized carbons (Fsp3) is 0.467. The molecule has 3 atom stereocenters. The summed E-state index contributed by atoms with van der Waals surface area (Å²) in [6.45, 7) is 0.568. The van der Waals surface area contributed by atoms with Crippen LogP contribution in [0.2, 0.25) is 0 Å². The van der Waals surface area contributed by atoms with Crippen molar-refractivity contribution in [1.29, 1.82) is 0 Å². The SMILES string of the molecule is NC1(C(=O)O)CCN(C(=O)C2CC2c2ccccc2)C1. The number of hydrogen-bond donors (Lipinski definition) is 2. The molecule has 0 bridgehead atoms. The van der Waals surface area contributed by atoms with Crippen molar-refractivity contribution in [3.63, 3.8) is 0 Å². The van der Waals surface area contributed by atoms with E-state index in [2.05, 4.69) is 0 Å². The Balaban J connectivity index is 1.64. The van der Waals surface area contributed by atoms with E-state index in [9.17, 15) is 9.59 Å². The minimum Gasteiger partial charge on any atom is -0.480 e. The Hall–Kier alpha value is -1.88. The predicted molar refractivity (Wildman–Crippen MR) is 73.0 cm³/mol. The summed E-state index contributed by atoms with van der Waals surface area (Å²) in [5.41, 5.74) is 5.71. The minimum absolute atomic E-state index is 0.00598. The summed E-state index contributed by atoms with van der Waals surface area (Å²) < 4.78 is 0. The Morgan fingerprint density at radius 1 is 1.30 bits per heavy atom. The summed E-state index contributed by atoms with van der Waals surface area (Å²) in [7, 11) is 0. The zero-order chi connectivity index (χ0) is 14.3. The van der Waals surface area contributed by atoms with Crippen molar-refractivity contribution in [1.82, 2.24) is 4.90 Å². The van der Waals surface area contributed by atoms with E-state index in [1.807, 2.05) is 30.3 Å². The summed E-state index contributed by atoms with van der Waals surface area (Å²) in [5, 5.41) is 9.09. The van der Waals surface area contributed by atoms with E-state index in [4.69, 9.17) is 10.8 Å². The second kappa shape index (κ2) is 4.59. The number of carboxylic acids is 1. The number of rotatable bonds is 3. The fourth-order valence-corrected chi connectivity index (χ4v) is 2.97. The highest BCUT2D eigenvalue weighted by Crippen LogP contribution is 2.48. The zero-order valence-corrected chi connectivity index (χ0v) is 11.2. The summed E-state index contributed by atoms with van der Waals surface area (Å²) in [6, 6.07) is 9.97. The number of benzene rings is 1. The number of amides is 1. The minimum atomic E-state index is -1.27. The van der Waals surface area contributed by atoms with Gasteiger partial charge in [0.1, 0.15) is 5.54 Å². The van der Waals surface area contributed by atoms with Gasteiger partial charge in [0.2, 0.25) is 5.91 Å². The van der Waals surface area contributed by atoms with Gasteiger partial charge < -0.3 is 15.7 Å². The van der Waals surface area contributed by atoms with Gasteiger partial charge >= 0.3 is 5.97 Å². The molecule has 1 saturated heterocycles. The first-order valence-electron chi connectivity index (χ1n) is 6.87. The quantitative estimate of drug-likeness (QED) is 0.854. The lowest BCUT2D eigenvalue weighted by Crippen LogP contribution is -2.50. The van der Waals surface area contributed by atoms with Crippen LogP contribution in [0.4, 0.5) is 0 Å². The Morgan fingerprint density at radius 2 is 2.00 bits per heavy atom. The summed E-state index contributed by atoms with van der Waals surface area (Å²) in [6.07, 6.45) is 1.18. The number of carbonyl (C=O) groups is 2. The van der Waals surface area contributed by atoms with Crippen molar-refractivity contribution < 1.29 is 14.7 Å². The predicted octanol–water partition coefficient (Wildman–Crippen LogP) is 0.804. The lowest BCUT2D eigenvalue weighted by atomic mass is 10.0. The van der Waals surface area contributed by atoms with Gasteiger partial charge in [0.15, 0.2) is 0 Å². The molecule has 5 heteroatoms. The van der Waals surface area contributed by atoms with Gasteiger partial charge in [-0.1, -0.05) is 30.3 Å². The summed E-state index contributed by atoms with van der Waals surface area (Å²) >= 11 is 0. The van der Waals surface area contributed by atoms with E-state index in [1.165, 1.54) is 5.56 Å². The first-order chi connectivity index (χ1) is 9.51. The molecule has 3 N–H and O–H groups in total. The molecule has 0 aromatic heterocycles. The highest BCUT2D eigenvalue weighted by molar-refractivity contribution is 5.86. The topological polar surface area (TPSA) is 83.6 Å². The summed E-state index contributed by atoms with van der Waals surface area (Å²) in [5.74, 6) is -0.703. The second-order valence-electron chi connectivity index (χ2n) is 5.83. The van der Waals surface area contributed by atoms with Gasteiger partial charge in [0, 0.05) is 19.0 Å². The van der Waals surface area contributed by atoms with Crippen molar-refractivity contribution in [2.75, 3.05) is 13.1 Å². The summed E-state index contributed by atoms with van der Waals surface area (Å²) in [4.78, 5) is 25.1. The number of carboxylic acid groups (broad SMARTS) is 1. The van der Waals surface area contributed by atoms with Crippen LogP contribution < -0.4 is 5.73 Å². The first kappa shape index (κ1) is 13.1. The first-order valence-corrected chi connectivity index (χ1v) is 6.87. The Labute approximate surface area is 117 Å². The molecule has 0 radical (unpaired) electrons. The molecule has 106 valence electrons. The van der Waals surface area contributed by atoms with Gasteiger partial charge in [0.25, 0.3) is 0 Å². The average Bonchev–Trinajstić information content (AvgIpc) is 3.15. The zero-order valence-electron chi connectivity index (χ0n) is 11.2. The highest BCUT2D eigenvalue weighted by atomic mass is 16.4. The van der Waals surface area contributed by atoms with Gasteiger partial charge in [0.05, 0.1) is 0 Å². The lowest BCUT2D eigenvalue weighted by molar-refractivity contribution is -0.143. The molecular formula is C15H18N2O3. The molecule has 5 nitrogen and oxygen atoms in total. The molecule has 1 amide bonds. The van der Waals surface area contributed by atoms with Crippen molar-refractivity contribution in [3.05, 3.63) is 35.9 Å². The molecule has 1 aliphatic heterocycles. The van der Waals surface area contributed by atoms with Crippen LogP contribution in [0.25, 0.3) is 0 Å². The normalized spacial score (nSPS) is 32.1. The lowest BCUT2D eigenvalue weighted by Gasteiger charge is -2.20. The molecule has 2 aliphatic rings. The molecule has 2 fully saturated rings. The van der Waals surface area contributed by atoms with Crippen LogP contribution >= 0.6 is 0 Å². The number of hydrogen-bond acceptors (Lipinski definition) is 3. The van der Waals surface area contributed by atoms with Crippen LogP contribution in [-0.4, -0.2) is 40.5 Å². The molecule has 20 heavy (non-hydrogen) atoms. The molecule has 1 saturated carbocycles. The largest absolute Gasteiger partial charge is 0.480 e. The van der Waals surface area contributed by atoms with E-state index in [0.717, 1.165) is 6.42 Å². The van der Waals surface area contributed by atoms with E-state index in [1.54, 1.807) is 4.90 Å². The Kier molecular flexibility index (Phi) is 3.01. The van der Waals surface area contributed by atoms with Crippen LogP contribution in [0.3, 0.4) is 0 Å². The molecule has 1 aliphatic carbocycles. The van der Waals surface area contributed by atoms with Crippen LogP contribution in [0.15, 0.2) is 30.3 Å².